The van der Waals surface area contributed by atoms with Gasteiger partial charge in [0.05, 0.1) is 11.8 Å². The first kappa shape index (κ1) is 31.5. The summed E-state index contributed by atoms with van der Waals surface area (Å²) >= 11 is 0. The molecule has 0 amide bonds. The Morgan fingerprint density at radius 3 is 1.14 bits per heavy atom. The van der Waals surface area contributed by atoms with Gasteiger partial charge in [0.2, 0.25) is 0 Å². The lowest BCUT2D eigenvalue weighted by Gasteiger charge is -2.24. The predicted octanol–water partition coefficient (Wildman–Crippen LogP) is 8.33. The lowest BCUT2D eigenvalue weighted by atomic mass is 9.77. The van der Waals surface area contributed by atoms with Gasteiger partial charge in [0.1, 0.15) is 64.0 Å². The fraction of sp³-hybridized carbons (Fsp3) is 0.0952. The summed E-state index contributed by atoms with van der Waals surface area (Å²) in [6, 6.07) is 30.7. The van der Waals surface area contributed by atoms with Gasteiger partial charge in [-0.15, -0.1) is 0 Å². The number of rotatable bonds is 6. The van der Waals surface area contributed by atoms with Crippen molar-refractivity contribution in [2.45, 2.75) is 24.0 Å². The van der Waals surface area contributed by atoms with E-state index in [4.69, 9.17) is 9.47 Å². The average Bonchev–Trinajstić information content (AvgIpc) is 3.66. The molecule has 2 heterocycles. The van der Waals surface area contributed by atoms with Crippen molar-refractivity contribution in [1.82, 2.24) is 0 Å². The summed E-state index contributed by atoms with van der Waals surface area (Å²) in [7, 11) is 0. The monoisotopic (exact) mass is 680 g/mol. The summed E-state index contributed by atoms with van der Waals surface area (Å²) in [4.78, 5) is 0. The summed E-state index contributed by atoms with van der Waals surface area (Å²) in [5.41, 5.74) is 5.59. The van der Waals surface area contributed by atoms with Crippen molar-refractivity contribution in [1.29, 1.82) is 0 Å². The maximum atomic E-state index is 10.7. The molecule has 2 aliphatic heterocycles. The Hall–Kier alpha value is -6.74. The van der Waals surface area contributed by atoms with Gasteiger partial charge in [0.15, 0.2) is 0 Å². The number of phenols is 7. The highest BCUT2D eigenvalue weighted by Gasteiger charge is 2.45. The van der Waals surface area contributed by atoms with Gasteiger partial charge >= 0.3 is 0 Å². The van der Waals surface area contributed by atoms with Crippen molar-refractivity contribution in [2.75, 3.05) is 0 Å². The van der Waals surface area contributed by atoms with Gasteiger partial charge in [0.25, 0.3) is 0 Å². The zero-order chi connectivity index (χ0) is 35.4. The molecule has 6 aromatic carbocycles. The summed E-state index contributed by atoms with van der Waals surface area (Å²) in [6.07, 6.45) is 2.52. The summed E-state index contributed by atoms with van der Waals surface area (Å²) in [5.74, 6) is -0.409. The quantitative estimate of drug-likeness (QED) is 0.0858. The van der Waals surface area contributed by atoms with Crippen LogP contribution in [0.1, 0.15) is 68.6 Å². The van der Waals surface area contributed by atoms with Crippen LogP contribution in [0.25, 0.3) is 12.2 Å². The third-order valence-electron chi connectivity index (χ3n) is 9.46. The van der Waals surface area contributed by atoms with Crippen LogP contribution >= 0.6 is 0 Å². The van der Waals surface area contributed by atoms with Gasteiger partial charge in [-0.1, -0.05) is 48.6 Å². The minimum Gasteiger partial charge on any atom is -0.508 e. The van der Waals surface area contributed by atoms with Gasteiger partial charge in [-0.25, -0.2) is 0 Å². The third-order valence-corrected chi connectivity index (χ3v) is 9.46. The molecule has 51 heavy (non-hydrogen) atoms. The van der Waals surface area contributed by atoms with Crippen molar-refractivity contribution in [3.63, 3.8) is 0 Å². The molecule has 9 nitrogen and oxygen atoms in total. The van der Waals surface area contributed by atoms with E-state index in [0.717, 1.165) is 27.8 Å². The van der Waals surface area contributed by atoms with Crippen LogP contribution in [0.2, 0.25) is 0 Å². The Kier molecular flexibility index (Phi) is 7.60. The van der Waals surface area contributed by atoms with Crippen molar-refractivity contribution in [3.8, 4) is 51.7 Å². The van der Waals surface area contributed by atoms with Crippen LogP contribution in [0.15, 0.2) is 115 Å². The molecule has 9 heteroatoms. The van der Waals surface area contributed by atoms with E-state index >= 15 is 0 Å². The third kappa shape index (κ3) is 5.84. The van der Waals surface area contributed by atoms with E-state index in [2.05, 4.69) is 0 Å². The number of hydrogen-bond donors (Lipinski definition) is 7. The minimum absolute atomic E-state index is 0.0863. The van der Waals surface area contributed by atoms with Gasteiger partial charge in [0, 0.05) is 29.3 Å². The molecule has 0 bridgehead atoms. The Labute approximate surface area is 292 Å². The first-order valence-corrected chi connectivity index (χ1v) is 16.3. The molecule has 0 saturated heterocycles. The Morgan fingerprint density at radius 1 is 0.373 bits per heavy atom. The second-order valence-corrected chi connectivity index (χ2v) is 12.8. The van der Waals surface area contributed by atoms with Gasteiger partial charge in [-0.3, -0.25) is 0 Å². The van der Waals surface area contributed by atoms with Gasteiger partial charge < -0.3 is 45.2 Å². The lowest BCUT2D eigenvalue weighted by molar-refractivity contribution is 0.212. The van der Waals surface area contributed by atoms with E-state index in [1.807, 2.05) is 18.2 Å². The molecule has 0 radical (unpaired) electrons. The highest BCUT2D eigenvalue weighted by Crippen LogP contribution is 2.60. The zero-order valence-electron chi connectivity index (χ0n) is 26.9. The molecular weight excluding hydrogens is 648 g/mol. The molecule has 254 valence electrons. The number of benzene rings is 6. The number of hydrogen-bond acceptors (Lipinski definition) is 9. The molecule has 7 N–H and O–H groups in total. The normalized spacial score (nSPS) is 19.0. The first-order valence-electron chi connectivity index (χ1n) is 16.3. The maximum Gasteiger partial charge on any atom is 0.135 e. The van der Waals surface area contributed by atoms with Crippen LogP contribution in [0.5, 0.6) is 51.7 Å². The largest absolute Gasteiger partial charge is 0.508 e. The molecule has 0 aromatic heterocycles. The number of fused-ring (bicyclic) bond motifs is 2. The molecule has 2 aliphatic rings. The van der Waals surface area contributed by atoms with E-state index < -0.39 is 24.0 Å². The lowest BCUT2D eigenvalue weighted by Crippen LogP contribution is -2.14. The molecule has 4 atom stereocenters. The second-order valence-electron chi connectivity index (χ2n) is 12.8. The number of aromatic hydroxyl groups is 7. The van der Waals surface area contributed by atoms with Crippen molar-refractivity contribution in [2.24, 2.45) is 0 Å². The fourth-order valence-electron chi connectivity index (χ4n) is 7.31. The van der Waals surface area contributed by atoms with Crippen LogP contribution in [-0.4, -0.2) is 35.7 Å². The second kappa shape index (κ2) is 12.3. The smallest absolute Gasteiger partial charge is 0.135 e. The highest BCUT2D eigenvalue weighted by atomic mass is 16.5. The summed E-state index contributed by atoms with van der Waals surface area (Å²) in [6.45, 7) is 0. The molecule has 0 saturated carbocycles. The van der Waals surface area contributed by atoms with Crippen LogP contribution in [-0.2, 0) is 0 Å². The maximum absolute atomic E-state index is 10.7. The standard InChI is InChI=1S/C42H32O9/c43-27-8-1-22(2-9-27)3-14-34-39-35(50-41(23-4-10-28(44)11-5-23)37(39)25-15-30(46)19-31(47)16-25)21-36-40(34)38(26-17-32(48)20-33(49)18-26)42(51-36)24-6-12-29(45)13-7-24/h1-21,37-38,41-49H/b14-3+/t37-,38-,41-,42+/m1/s1. The summed E-state index contributed by atoms with van der Waals surface area (Å²) in [5, 5.41) is 72.8. The average molecular weight is 681 g/mol. The van der Waals surface area contributed by atoms with Crippen molar-refractivity contribution in [3.05, 3.63) is 160 Å². The van der Waals surface area contributed by atoms with E-state index in [1.165, 1.54) is 12.1 Å². The fourth-order valence-corrected chi connectivity index (χ4v) is 7.31. The van der Waals surface area contributed by atoms with Gasteiger partial charge in [-0.05, 0) is 94.0 Å². The van der Waals surface area contributed by atoms with E-state index in [0.29, 0.717) is 28.2 Å². The van der Waals surface area contributed by atoms with Crippen molar-refractivity contribution >= 4 is 12.2 Å². The Morgan fingerprint density at radius 2 is 0.745 bits per heavy atom. The molecule has 0 fully saturated rings. The van der Waals surface area contributed by atoms with Crippen LogP contribution in [0.4, 0.5) is 0 Å². The number of ether oxygens (including phenoxy) is 2. The Balaban J connectivity index is 1.42. The molecular formula is C42H32O9. The molecule has 6 aromatic rings. The van der Waals surface area contributed by atoms with Crippen molar-refractivity contribution < 1.29 is 45.2 Å². The Bertz CT molecular complexity index is 2120. The highest BCUT2D eigenvalue weighted by molar-refractivity contribution is 5.80. The van der Waals surface area contributed by atoms with Crippen LogP contribution in [0.3, 0.4) is 0 Å². The topological polar surface area (TPSA) is 160 Å². The predicted molar refractivity (Wildman–Crippen MR) is 190 cm³/mol. The molecule has 0 aliphatic carbocycles. The zero-order valence-corrected chi connectivity index (χ0v) is 26.9. The molecule has 0 spiro atoms. The number of phenolic OH excluding ortho intramolecular Hbond substituents is 7. The molecule has 0 unspecified atom stereocenters. The van der Waals surface area contributed by atoms with Crippen LogP contribution in [0, 0.1) is 0 Å². The van der Waals surface area contributed by atoms with E-state index in [9.17, 15) is 35.7 Å². The molecule has 8 rings (SSSR count). The van der Waals surface area contributed by atoms with E-state index in [1.54, 1.807) is 97.1 Å². The first-order chi connectivity index (χ1) is 24.6. The SMILES string of the molecule is Oc1ccc(/C=C/c2c3c(cc4c2[C@@H](c2cc(O)cc(O)c2)[C@H](c2ccc(O)cc2)O4)O[C@H](c2ccc(O)cc2)[C@@H]3c2cc(O)cc(O)c2)cc1. The van der Waals surface area contributed by atoms with Crippen LogP contribution < -0.4 is 9.47 Å². The van der Waals surface area contributed by atoms with E-state index in [-0.39, 0.29) is 40.2 Å². The summed E-state index contributed by atoms with van der Waals surface area (Å²) < 4.78 is 13.5. The minimum atomic E-state index is -0.652. The van der Waals surface area contributed by atoms with Gasteiger partial charge in [-0.2, -0.15) is 0 Å².